The van der Waals surface area contributed by atoms with Crippen molar-refractivity contribution in [2.45, 2.75) is 29.3 Å². The second-order valence-corrected chi connectivity index (χ2v) is 7.18. The fourth-order valence-electron chi connectivity index (χ4n) is 2.99. The zero-order valence-corrected chi connectivity index (χ0v) is 14.7. The molecular formula is C18H16N4O3S. The number of aryl methyl sites for hydroxylation is 1. The lowest BCUT2D eigenvalue weighted by Gasteiger charge is -2.20. The number of primary amides is 1. The third-order valence-corrected chi connectivity index (χ3v) is 5.16. The summed E-state index contributed by atoms with van der Waals surface area (Å²) < 4.78 is 5.96. The lowest BCUT2D eigenvalue weighted by atomic mass is 9.89. The number of nitrogens with two attached hydrogens (primary N) is 1. The summed E-state index contributed by atoms with van der Waals surface area (Å²) in [7, 11) is 0. The van der Waals surface area contributed by atoms with Crippen molar-refractivity contribution in [1.29, 1.82) is 0 Å². The molecule has 0 fully saturated rings. The quantitative estimate of drug-likeness (QED) is 0.655. The molecule has 2 aromatic heterocycles. The molecule has 4 rings (SSSR count). The van der Waals surface area contributed by atoms with E-state index in [1.54, 1.807) is 0 Å². The van der Waals surface area contributed by atoms with Crippen molar-refractivity contribution >= 4 is 29.4 Å². The van der Waals surface area contributed by atoms with Gasteiger partial charge in [0, 0.05) is 16.9 Å². The Morgan fingerprint density at radius 3 is 2.77 bits per heavy atom. The number of aromatic nitrogens is 2. The number of fused-ring (bicyclic) bond motifs is 1. The normalized spacial score (nSPS) is 16.2. The van der Waals surface area contributed by atoms with Crippen molar-refractivity contribution in [3.63, 3.8) is 0 Å². The fourth-order valence-corrected chi connectivity index (χ4v) is 3.76. The van der Waals surface area contributed by atoms with E-state index in [4.69, 9.17) is 10.2 Å². The maximum atomic E-state index is 12.0. The lowest BCUT2D eigenvalue weighted by molar-refractivity contribution is -0.116. The second-order valence-electron chi connectivity index (χ2n) is 6.10. The molecule has 0 unspecified atom stereocenters. The summed E-state index contributed by atoms with van der Waals surface area (Å²) in [5.41, 5.74) is 7.37. The van der Waals surface area contributed by atoms with E-state index in [1.165, 1.54) is 17.3 Å². The van der Waals surface area contributed by atoms with Crippen LogP contribution in [0, 0.1) is 6.92 Å². The molecule has 26 heavy (non-hydrogen) atoms. The summed E-state index contributed by atoms with van der Waals surface area (Å²) in [6.45, 7) is 2.03. The van der Waals surface area contributed by atoms with Crippen molar-refractivity contribution in [3.05, 3.63) is 59.0 Å². The Labute approximate surface area is 153 Å². The van der Waals surface area contributed by atoms with Crippen LogP contribution < -0.4 is 11.1 Å². The molecule has 1 atom stereocenters. The summed E-state index contributed by atoms with van der Waals surface area (Å²) in [6.07, 6.45) is 0.162. The maximum Gasteiger partial charge on any atom is 0.267 e. The number of anilines is 1. The van der Waals surface area contributed by atoms with E-state index < -0.39 is 11.8 Å². The van der Waals surface area contributed by atoms with Gasteiger partial charge >= 0.3 is 0 Å². The monoisotopic (exact) mass is 368 g/mol. The van der Waals surface area contributed by atoms with Gasteiger partial charge in [-0.15, -0.1) is 0 Å². The molecule has 4 N–H and O–H groups in total. The molecule has 0 aliphatic carbocycles. The van der Waals surface area contributed by atoms with Crippen molar-refractivity contribution < 1.29 is 14.0 Å². The molecule has 3 heterocycles. The number of nitrogens with zero attached hydrogens (tertiary/aromatic N) is 1. The molecule has 0 bridgehead atoms. The van der Waals surface area contributed by atoms with Gasteiger partial charge in [0.05, 0.1) is 5.92 Å². The molecule has 7 nitrogen and oxygen atoms in total. The maximum absolute atomic E-state index is 12.0. The summed E-state index contributed by atoms with van der Waals surface area (Å²) in [4.78, 5) is 24.7. The molecule has 0 spiro atoms. The summed E-state index contributed by atoms with van der Waals surface area (Å²) >= 11 is 1.49. The van der Waals surface area contributed by atoms with Crippen LogP contribution in [0.15, 0.2) is 50.8 Å². The van der Waals surface area contributed by atoms with E-state index in [9.17, 15) is 9.59 Å². The minimum absolute atomic E-state index is 0.162. The van der Waals surface area contributed by atoms with Gasteiger partial charge in [0.25, 0.3) is 5.91 Å². The van der Waals surface area contributed by atoms with Crippen LogP contribution in [0.1, 0.15) is 39.7 Å². The fraction of sp³-hybridized carbons (Fsp3) is 0.167. The number of hydrogen-bond donors (Lipinski definition) is 3. The Morgan fingerprint density at radius 1 is 1.27 bits per heavy atom. The van der Waals surface area contributed by atoms with Gasteiger partial charge in [-0.25, -0.2) is 0 Å². The minimum Gasteiger partial charge on any atom is -0.454 e. The van der Waals surface area contributed by atoms with Gasteiger partial charge in [0.1, 0.15) is 11.5 Å². The first kappa shape index (κ1) is 16.5. The van der Waals surface area contributed by atoms with E-state index in [2.05, 4.69) is 15.5 Å². The number of aromatic amines is 1. The average Bonchev–Trinajstić information content (AvgIpc) is 3.23. The Kier molecular flexibility index (Phi) is 4.04. The van der Waals surface area contributed by atoms with Crippen molar-refractivity contribution in [2.24, 2.45) is 5.73 Å². The molecule has 0 saturated carbocycles. The number of carbonyl (C=O) groups is 2. The first-order valence-electron chi connectivity index (χ1n) is 8.03. The molecule has 0 radical (unpaired) electrons. The highest BCUT2D eigenvalue weighted by Gasteiger charge is 2.35. The van der Waals surface area contributed by atoms with Crippen LogP contribution in [0.5, 0.6) is 0 Å². The van der Waals surface area contributed by atoms with Gasteiger partial charge < -0.3 is 15.5 Å². The van der Waals surface area contributed by atoms with E-state index in [0.717, 1.165) is 4.90 Å². The molecular weight excluding hydrogens is 352 g/mol. The number of rotatable bonds is 4. The van der Waals surface area contributed by atoms with Crippen LogP contribution >= 0.6 is 11.8 Å². The lowest BCUT2D eigenvalue weighted by Crippen LogP contribution is -2.25. The van der Waals surface area contributed by atoms with Crippen LogP contribution in [-0.2, 0) is 4.79 Å². The Hall–Kier alpha value is -3.00. The molecule has 0 saturated heterocycles. The first-order valence-corrected chi connectivity index (χ1v) is 8.85. The highest BCUT2D eigenvalue weighted by atomic mass is 32.2. The first-order chi connectivity index (χ1) is 12.5. The Bertz CT molecular complexity index is 990. The van der Waals surface area contributed by atoms with Crippen LogP contribution in [0.3, 0.4) is 0 Å². The number of furan rings is 1. The predicted molar refractivity (Wildman–Crippen MR) is 96.2 cm³/mol. The zero-order chi connectivity index (χ0) is 18.3. The van der Waals surface area contributed by atoms with Gasteiger partial charge in [0.2, 0.25) is 5.91 Å². The second kappa shape index (κ2) is 6.38. The number of amides is 2. The standard InChI is InChI=1S/C18H16N4O3S/c1-9-2-4-10(5-3-9)26-14-7-6-12(25-14)11-8-13(23)20-18-15(11)16(17(19)24)21-22-18/h2-7,11H,8H2,1H3,(H2,19,24)(H2,20,21,22,23)/t11-/m0/s1. The van der Waals surface area contributed by atoms with Crippen LogP contribution in [0.25, 0.3) is 0 Å². The van der Waals surface area contributed by atoms with Crippen LogP contribution in [0.2, 0.25) is 0 Å². The molecule has 3 aromatic rings. The van der Waals surface area contributed by atoms with Gasteiger partial charge in [0.15, 0.2) is 10.9 Å². The summed E-state index contributed by atoms with van der Waals surface area (Å²) in [5, 5.41) is 9.94. The number of H-pyrrole nitrogens is 1. The minimum atomic E-state index is -0.624. The highest BCUT2D eigenvalue weighted by molar-refractivity contribution is 7.99. The number of nitrogens with one attached hydrogen (secondary N) is 2. The van der Waals surface area contributed by atoms with Gasteiger partial charge in [-0.3, -0.25) is 14.7 Å². The topological polar surface area (TPSA) is 114 Å². The third-order valence-electron chi connectivity index (χ3n) is 4.23. The molecule has 1 aliphatic rings. The number of carbonyl (C=O) groups excluding carboxylic acids is 2. The van der Waals surface area contributed by atoms with Gasteiger partial charge in [-0.2, -0.15) is 5.10 Å². The number of benzene rings is 1. The average molecular weight is 368 g/mol. The van der Waals surface area contributed by atoms with Crippen molar-refractivity contribution in [1.82, 2.24) is 10.2 Å². The summed E-state index contributed by atoms with van der Waals surface area (Å²) in [6, 6.07) is 11.8. The molecule has 1 aromatic carbocycles. The molecule has 1 aliphatic heterocycles. The smallest absolute Gasteiger partial charge is 0.267 e. The molecule has 8 heteroatoms. The summed E-state index contributed by atoms with van der Waals surface area (Å²) in [5.74, 6) is -0.300. The van der Waals surface area contributed by atoms with Gasteiger partial charge in [-0.05, 0) is 31.2 Å². The molecule has 132 valence electrons. The van der Waals surface area contributed by atoms with Crippen LogP contribution in [0.4, 0.5) is 5.82 Å². The van der Waals surface area contributed by atoms with Crippen molar-refractivity contribution in [2.75, 3.05) is 5.32 Å². The van der Waals surface area contributed by atoms with Gasteiger partial charge in [-0.1, -0.05) is 29.5 Å². The van der Waals surface area contributed by atoms with Crippen molar-refractivity contribution in [3.8, 4) is 0 Å². The largest absolute Gasteiger partial charge is 0.454 e. The van der Waals surface area contributed by atoms with E-state index in [1.807, 2.05) is 43.3 Å². The Morgan fingerprint density at radius 2 is 2.04 bits per heavy atom. The van der Waals surface area contributed by atoms with E-state index in [0.29, 0.717) is 22.2 Å². The SMILES string of the molecule is Cc1ccc(Sc2ccc([C@@H]3CC(=O)Nc4n[nH]c(C(N)=O)c43)o2)cc1. The van der Waals surface area contributed by atoms with Crippen LogP contribution in [-0.4, -0.2) is 22.0 Å². The predicted octanol–water partition coefficient (Wildman–Crippen LogP) is 3.04. The zero-order valence-electron chi connectivity index (χ0n) is 13.9. The van der Waals surface area contributed by atoms with E-state index in [-0.39, 0.29) is 18.0 Å². The highest BCUT2D eigenvalue weighted by Crippen LogP contribution is 2.40. The third kappa shape index (κ3) is 2.99. The molecule has 2 amide bonds. The number of hydrogen-bond acceptors (Lipinski definition) is 5. The Balaban J connectivity index is 1.65. The van der Waals surface area contributed by atoms with E-state index >= 15 is 0 Å².